The van der Waals surface area contributed by atoms with Crippen LogP contribution < -0.4 is 10.6 Å². The van der Waals surface area contributed by atoms with E-state index >= 15 is 0 Å². The summed E-state index contributed by atoms with van der Waals surface area (Å²) in [5, 5.41) is 7.43. The number of amidine groups is 1. The summed E-state index contributed by atoms with van der Waals surface area (Å²) in [5.74, 6) is 2.74. The van der Waals surface area contributed by atoms with Gasteiger partial charge in [-0.05, 0) is 36.8 Å². The molecule has 1 saturated carbocycles. The summed E-state index contributed by atoms with van der Waals surface area (Å²) in [6.45, 7) is 2.25. The van der Waals surface area contributed by atoms with Gasteiger partial charge in [0.15, 0.2) is 0 Å². The van der Waals surface area contributed by atoms with Gasteiger partial charge in [0, 0.05) is 13.1 Å². The maximum absolute atomic E-state index is 7.43. The Balaban J connectivity index is 1.81. The quantitative estimate of drug-likeness (QED) is 0.599. The highest BCUT2D eigenvalue weighted by Gasteiger charge is 2.36. The zero-order valence-corrected chi connectivity index (χ0v) is 9.89. The summed E-state index contributed by atoms with van der Waals surface area (Å²) in [6, 6.07) is 5.75. The Morgan fingerprint density at radius 2 is 2.00 bits per heavy atom. The van der Waals surface area contributed by atoms with Crippen molar-refractivity contribution in [3.63, 3.8) is 0 Å². The lowest BCUT2D eigenvalue weighted by molar-refractivity contribution is 0.494. The molecule has 0 radical (unpaired) electrons. The zero-order valence-electron chi connectivity index (χ0n) is 9.89. The molecule has 4 heteroatoms. The summed E-state index contributed by atoms with van der Waals surface area (Å²) < 4.78 is 0. The van der Waals surface area contributed by atoms with Crippen molar-refractivity contribution >= 4 is 11.7 Å². The summed E-state index contributed by atoms with van der Waals surface area (Å²) in [7, 11) is 0. The Morgan fingerprint density at radius 1 is 1.29 bits per heavy atom. The van der Waals surface area contributed by atoms with Gasteiger partial charge in [-0.2, -0.15) is 0 Å². The fourth-order valence-electron chi connectivity index (χ4n) is 3.17. The molecule has 1 saturated heterocycles. The molecule has 17 heavy (non-hydrogen) atoms. The number of nitrogen functional groups attached to an aromatic ring is 1. The number of rotatable bonds is 2. The average Bonchev–Trinajstić information content (AvgIpc) is 2.89. The van der Waals surface area contributed by atoms with Gasteiger partial charge < -0.3 is 10.6 Å². The minimum Gasteiger partial charge on any atom is -0.382 e. The number of nitrogens with two attached hydrogens (primary N) is 1. The second kappa shape index (κ2) is 4.02. The molecule has 0 aromatic carbocycles. The molecule has 2 aliphatic rings. The van der Waals surface area contributed by atoms with Crippen LogP contribution in [0.25, 0.3) is 0 Å². The predicted octanol–water partition coefficient (Wildman–Crippen LogP) is 1.60. The summed E-state index contributed by atoms with van der Waals surface area (Å²) in [4.78, 5) is 6.81. The van der Waals surface area contributed by atoms with Crippen LogP contribution in [0, 0.1) is 17.2 Å². The molecule has 2 heterocycles. The number of nitrogens with one attached hydrogen (secondary N) is 1. The molecule has 0 spiro atoms. The van der Waals surface area contributed by atoms with E-state index in [4.69, 9.17) is 11.1 Å². The van der Waals surface area contributed by atoms with Crippen LogP contribution in [0.1, 0.15) is 25.0 Å². The molecule has 3 N–H and O–H groups in total. The summed E-state index contributed by atoms with van der Waals surface area (Å²) in [6.07, 6.45) is 4.13. The van der Waals surface area contributed by atoms with E-state index in [0.717, 1.165) is 30.7 Å². The maximum Gasteiger partial charge on any atom is 0.141 e. The number of hydrogen-bond acceptors (Lipinski definition) is 3. The van der Waals surface area contributed by atoms with E-state index in [0.29, 0.717) is 5.69 Å². The number of fused-ring (bicyclic) bond motifs is 1. The van der Waals surface area contributed by atoms with Gasteiger partial charge in [0.1, 0.15) is 17.3 Å². The summed E-state index contributed by atoms with van der Waals surface area (Å²) >= 11 is 0. The Morgan fingerprint density at radius 3 is 2.65 bits per heavy atom. The van der Waals surface area contributed by atoms with Crippen molar-refractivity contribution in [2.45, 2.75) is 19.3 Å². The third kappa shape index (κ3) is 1.88. The molecule has 0 amide bonds. The van der Waals surface area contributed by atoms with E-state index in [9.17, 15) is 0 Å². The molecule has 2 atom stereocenters. The fraction of sp³-hybridized carbons (Fsp3) is 0.538. The number of anilines is 1. The number of nitrogens with zero attached hydrogens (tertiary/aromatic N) is 2. The largest absolute Gasteiger partial charge is 0.382 e. The van der Waals surface area contributed by atoms with Crippen molar-refractivity contribution in [3.8, 4) is 0 Å². The first kappa shape index (κ1) is 10.6. The third-order valence-electron chi connectivity index (χ3n) is 4.06. The molecule has 90 valence electrons. The monoisotopic (exact) mass is 230 g/mol. The van der Waals surface area contributed by atoms with Crippen LogP contribution in [0.2, 0.25) is 0 Å². The number of pyridine rings is 1. The first-order chi connectivity index (χ1) is 8.24. The third-order valence-corrected chi connectivity index (χ3v) is 4.06. The Bertz CT molecular complexity index is 431. The second-order valence-corrected chi connectivity index (χ2v) is 5.15. The van der Waals surface area contributed by atoms with Gasteiger partial charge in [0.05, 0.1) is 0 Å². The van der Waals surface area contributed by atoms with Crippen molar-refractivity contribution in [1.82, 2.24) is 4.98 Å². The topological polar surface area (TPSA) is 66.0 Å². The van der Waals surface area contributed by atoms with Crippen LogP contribution in [0.5, 0.6) is 0 Å². The zero-order chi connectivity index (χ0) is 11.8. The van der Waals surface area contributed by atoms with Gasteiger partial charge in [0.25, 0.3) is 0 Å². The lowest BCUT2D eigenvalue weighted by atomic mass is 10.0. The highest BCUT2D eigenvalue weighted by molar-refractivity contribution is 5.93. The lowest BCUT2D eigenvalue weighted by Gasteiger charge is -2.18. The highest BCUT2D eigenvalue weighted by Crippen LogP contribution is 2.38. The molecular weight excluding hydrogens is 212 g/mol. The Kier molecular flexibility index (Phi) is 2.50. The van der Waals surface area contributed by atoms with Crippen LogP contribution in [-0.4, -0.2) is 23.9 Å². The van der Waals surface area contributed by atoms with Gasteiger partial charge in [0.2, 0.25) is 0 Å². The van der Waals surface area contributed by atoms with Crippen LogP contribution >= 0.6 is 0 Å². The van der Waals surface area contributed by atoms with Crippen LogP contribution in [0.15, 0.2) is 18.2 Å². The van der Waals surface area contributed by atoms with E-state index in [1.54, 1.807) is 6.07 Å². The van der Waals surface area contributed by atoms with Gasteiger partial charge in [-0.3, -0.25) is 5.41 Å². The van der Waals surface area contributed by atoms with Gasteiger partial charge in [-0.15, -0.1) is 0 Å². The molecule has 4 nitrogen and oxygen atoms in total. The summed E-state index contributed by atoms with van der Waals surface area (Å²) in [5.41, 5.74) is 6.06. The molecule has 1 aliphatic carbocycles. The second-order valence-electron chi connectivity index (χ2n) is 5.15. The van der Waals surface area contributed by atoms with Gasteiger partial charge >= 0.3 is 0 Å². The Labute approximate surface area is 101 Å². The van der Waals surface area contributed by atoms with E-state index in [1.807, 2.05) is 12.1 Å². The first-order valence-electron chi connectivity index (χ1n) is 6.30. The standard InChI is InChI=1S/C13H18N4/c14-13(15)11-5-2-6-12(16-11)17-7-9-3-1-4-10(9)8-17/h2,5-6,9-10H,1,3-4,7-8H2,(H3,14,15). The minimum absolute atomic E-state index is 0.0474. The number of aromatic nitrogens is 1. The SMILES string of the molecule is N=C(N)c1cccc(N2CC3CCCC3C2)n1. The molecule has 2 unspecified atom stereocenters. The smallest absolute Gasteiger partial charge is 0.141 e. The molecule has 0 bridgehead atoms. The van der Waals surface area contributed by atoms with Gasteiger partial charge in [-0.25, -0.2) is 4.98 Å². The molecule has 3 rings (SSSR count). The lowest BCUT2D eigenvalue weighted by Crippen LogP contribution is -2.23. The van der Waals surface area contributed by atoms with Crippen LogP contribution in [-0.2, 0) is 0 Å². The molecule has 1 aromatic heterocycles. The van der Waals surface area contributed by atoms with Crippen LogP contribution in [0.4, 0.5) is 5.82 Å². The van der Waals surface area contributed by atoms with Crippen molar-refractivity contribution < 1.29 is 0 Å². The number of hydrogen-bond donors (Lipinski definition) is 2. The van der Waals surface area contributed by atoms with Crippen molar-refractivity contribution in [3.05, 3.63) is 23.9 Å². The maximum atomic E-state index is 7.43. The molecule has 1 aliphatic heterocycles. The van der Waals surface area contributed by atoms with Crippen LogP contribution in [0.3, 0.4) is 0 Å². The average molecular weight is 230 g/mol. The molecule has 2 fully saturated rings. The first-order valence-corrected chi connectivity index (χ1v) is 6.30. The van der Waals surface area contributed by atoms with E-state index in [-0.39, 0.29) is 5.84 Å². The molecular formula is C13H18N4. The van der Waals surface area contributed by atoms with E-state index in [2.05, 4.69) is 9.88 Å². The normalized spacial score (nSPS) is 27.2. The molecule has 1 aromatic rings. The van der Waals surface area contributed by atoms with Crippen molar-refractivity contribution in [1.29, 1.82) is 5.41 Å². The van der Waals surface area contributed by atoms with E-state index < -0.39 is 0 Å². The predicted molar refractivity (Wildman–Crippen MR) is 68.3 cm³/mol. The van der Waals surface area contributed by atoms with E-state index in [1.165, 1.54) is 19.3 Å². The fourth-order valence-corrected chi connectivity index (χ4v) is 3.17. The van der Waals surface area contributed by atoms with Gasteiger partial charge in [-0.1, -0.05) is 12.5 Å². The Hall–Kier alpha value is -1.58. The van der Waals surface area contributed by atoms with Crippen molar-refractivity contribution in [2.24, 2.45) is 17.6 Å². The highest BCUT2D eigenvalue weighted by atomic mass is 15.2. The minimum atomic E-state index is 0.0474. The van der Waals surface area contributed by atoms with Crippen molar-refractivity contribution in [2.75, 3.05) is 18.0 Å².